The molecule has 0 spiro atoms. The van der Waals surface area contributed by atoms with Crippen LogP contribution >= 0.6 is 0 Å². The third kappa shape index (κ3) is 5.17. The molecular weight excluding hydrogens is 376 g/mol. The second-order valence-corrected chi connectivity index (χ2v) is 7.27. The number of cyclic esters (lactones) is 1. The lowest BCUT2D eigenvalue weighted by atomic mass is 9.94. The van der Waals surface area contributed by atoms with Crippen molar-refractivity contribution in [3.05, 3.63) is 45.6 Å². The molecule has 0 fully saturated rings. The molecule has 0 amide bonds. The summed E-state index contributed by atoms with van der Waals surface area (Å²) in [5.41, 5.74) is 3.91. The van der Waals surface area contributed by atoms with E-state index in [1.165, 1.54) is 7.11 Å². The summed E-state index contributed by atoms with van der Waals surface area (Å²) in [6, 6.07) is 0. The average Bonchev–Trinajstić information content (AvgIpc) is 3.04. The van der Waals surface area contributed by atoms with Crippen molar-refractivity contribution in [3.8, 4) is 11.5 Å². The van der Waals surface area contributed by atoms with Crippen LogP contribution < -0.4 is 4.74 Å². The van der Waals surface area contributed by atoms with Crippen LogP contribution in [-0.4, -0.2) is 40.5 Å². The van der Waals surface area contributed by atoms with Gasteiger partial charge < -0.3 is 24.8 Å². The molecule has 0 bridgehead atoms. The quantitative estimate of drug-likeness (QED) is 0.427. The molecule has 1 aromatic carbocycles. The Kier molecular flexibility index (Phi) is 7.45. The number of carbonyl (C=O) groups is 2. The molecule has 7 heteroatoms. The number of methoxy groups -OCH3 is 1. The van der Waals surface area contributed by atoms with Gasteiger partial charge in [0.05, 0.1) is 19.6 Å². The molecule has 0 aromatic heterocycles. The Bertz CT molecular complexity index is 865. The van der Waals surface area contributed by atoms with Gasteiger partial charge in [-0.15, -0.1) is 0 Å². The highest BCUT2D eigenvalue weighted by Crippen LogP contribution is 2.42. The van der Waals surface area contributed by atoms with Gasteiger partial charge in [-0.2, -0.15) is 0 Å². The summed E-state index contributed by atoms with van der Waals surface area (Å²) in [6.07, 6.45) is 4.27. The highest BCUT2D eigenvalue weighted by atomic mass is 16.5. The van der Waals surface area contributed by atoms with Gasteiger partial charge in [-0.3, -0.25) is 4.79 Å². The summed E-state index contributed by atoms with van der Waals surface area (Å²) in [7, 11) is 1.53. The number of aromatic hydroxyl groups is 1. The van der Waals surface area contributed by atoms with Crippen molar-refractivity contribution in [2.24, 2.45) is 0 Å². The highest BCUT2D eigenvalue weighted by molar-refractivity contribution is 5.98. The fraction of sp³-hybridized carbons (Fsp3) is 0.455. The van der Waals surface area contributed by atoms with Gasteiger partial charge in [-0.1, -0.05) is 17.7 Å². The molecule has 1 aliphatic rings. The molecule has 158 valence electrons. The van der Waals surface area contributed by atoms with E-state index in [0.29, 0.717) is 41.7 Å². The van der Waals surface area contributed by atoms with E-state index in [-0.39, 0.29) is 24.3 Å². The number of carbonyl (C=O) groups excluding carboxylic acids is 1. The predicted molar refractivity (Wildman–Crippen MR) is 107 cm³/mol. The maximum absolute atomic E-state index is 12.0. The second-order valence-electron chi connectivity index (χ2n) is 7.27. The summed E-state index contributed by atoms with van der Waals surface area (Å²) in [4.78, 5) is 22.6. The van der Waals surface area contributed by atoms with Crippen LogP contribution in [0.1, 0.15) is 60.2 Å². The van der Waals surface area contributed by atoms with Gasteiger partial charge >= 0.3 is 11.9 Å². The number of aliphatic hydroxyl groups is 1. The van der Waals surface area contributed by atoms with Gasteiger partial charge in [0.25, 0.3) is 0 Å². The number of phenols is 1. The van der Waals surface area contributed by atoms with E-state index in [2.05, 4.69) is 0 Å². The van der Waals surface area contributed by atoms with Crippen LogP contribution in [0.15, 0.2) is 23.3 Å². The molecule has 1 atom stereocenters. The fourth-order valence-electron chi connectivity index (χ4n) is 3.40. The minimum atomic E-state index is -1.04. The van der Waals surface area contributed by atoms with Crippen molar-refractivity contribution in [2.75, 3.05) is 7.11 Å². The number of allylic oxidation sites excluding steroid dienone is 3. The number of hydrogen-bond acceptors (Lipinski definition) is 6. The number of esters is 1. The van der Waals surface area contributed by atoms with E-state index >= 15 is 0 Å². The Hall–Kier alpha value is -2.80. The molecule has 1 unspecified atom stereocenters. The first kappa shape index (κ1) is 22.5. The number of hydrogen-bond donors (Lipinski definition) is 3. The number of carboxylic acid groups (broad SMARTS) is 1. The fourth-order valence-corrected chi connectivity index (χ4v) is 3.40. The lowest BCUT2D eigenvalue weighted by Crippen LogP contribution is -2.13. The number of rotatable bonds is 9. The van der Waals surface area contributed by atoms with Gasteiger partial charge in [0.2, 0.25) is 0 Å². The van der Waals surface area contributed by atoms with Gasteiger partial charge in [-0.05, 0) is 51.2 Å². The molecule has 0 aliphatic carbocycles. The third-order valence-corrected chi connectivity index (χ3v) is 5.20. The summed E-state index contributed by atoms with van der Waals surface area (Å²) in [5.74, 6) is -1.10. The number of fused-ring (bicyclic) bond motifs is 1. The number of carboxylic acids is 1. The van der Waals surface area contributed by atoms with Crippen molar-refractivity contribution in [3.63, 3.8) is 0 Å². The molecular formula is C22H28O7. The van der Waals surface area contributed by atoms with E-state index in [0.717, 1.165) is 11.1 Å². The Morgan fingerprint density at radius 1 is 1.31 bits per heavy atom. The molecule has 2 rings (SSSR count). The molecule has 3 N–H and O–H groups in total. The van der Waals surface area contributed by atoms with Crippen LogP contribution in [-0.2, 0) is 22.6 Å². The van der Waals surface area contributed by atoms with Gasteiger partial charge in [0, 0.05) is 11.1 Å². The number of benzene rings is 1. The van der Waals surface area contributed by atoms with Gasteiger partial charge in [0.15, 0.2) is 0 Å². The summed E-state index contributed by atoms with van der Waals surface area (Å²) in [6.45, 7) is 5.64. The molecule has 7 nitrogen and oxygen atoms in total. The largest absolute Gasteiger partial charge is 0.507 e. The lowest BCUT2D eigenvalue weighted by Gasteiger charge is -2.15. The summed E-state index contributed by atoms with van der Waals surface area (Å²) >= 11 is 0. The zero-order valence-electron chi connectivity index (χ0n) is 17.2. The highest BCUT2D eigenvalue weighted by Gasteiger charge is 2.31. The van der Waals surface area contributed by atoms with E-state index in [4.69, 9.17) is 14.6 Å². The topological polar surface area (TPSA) is 113 Å². The Balaban J connectivity index is 2.11. The molecule has 0 saturated heterocycles. The zero-order valence-corrected chi connectivity index (χ0v) is 17.2. The van der Waals surface area contributed by atoms with Gasteiger partial charge in [0.1, 0.15) is 23.7 Å². The number of aliphatic carboxylic acids is 1. The van der Waals surface area contributed by atoms with Crippen molar-refractivity contribution in [2.45, 2.75) is 59.2 Å². The van der Waals surface area contributed by atoms with Crippen molar-refractivity contribution in [1.29, 1.82) is 0 Å². The van der Waals surface area contributed by atoms with E-state index in [1.807, 2.05) is 26.0 Å². The number of ether oxygens (including phenoxy) is 2. The third-order valence-electron chi connectivity index (χ3n) is 5.20. The smallest absolute Gasteiger partial charge is 0.342 e. The molecule has 1 aliphatic heterocycles. The molecule has 1 aromatic rings. The van der Waals surface area contributed by atoms with Crippen LogP contribution in [0, 0.1) is 6.92 Å². The van der Waals surface area contributed by atoms with Crippen LogP contribution in [0.25, 0.3) is 0 Å². The summed E-state index contributed by atoms with van der Waals surface area (Å²) < 4.78 is 10.5. The zero-order chi connectivity index (χ0) is 21.7. The monoisotopic (exact) mass is 404 g/mol. The number of phenolic OH excluding ortho intramolecular Hbond substituents is 1. The Labute approximate surface area is 170 Å². The maximum atomic E-state index is 12.0. The standard InChI is InChI=1S/C22H28O7/c1-12(6-5-7-13(2)17(23)10-18(24)25)8-9-15-20(26)19-16(11-29-22(19)27)14(3)21(15)28-4/h7-8,17,23,26H,5-6,9-11H2,1-4H3,(H,24,25)/b12-8+,13-7+. The van der Waals surface area contributed by atoms with Crippen molar-refractivity contribution >= 4 is 11.9 Å². The van der Waals surface area contributed by atoms with Crippen LogP contribution in [0.4, 0.5) is 0 Å². The second kappa shape index (κ2) is 9.60. The van der Waals surface area contributed by atoms with E-state index in [1.54, 1.807) is 6.92 Å². The van der Waals surface area contributed by atoms with Crippen molar-refractivity contribution in [1.82, 2.24) is 0 Å². The molecule has 29 heavy (non-hydrogen) atoms. The minimum Gasteiger partial charge on any atom is -0.507 e. The SMILES string of the molecule is COc1c(C)c2c(c(O)c1C/C=C(\C)CC/C=C(\C)C(O)CC(=O)O)C(=O)OC2. The van der Waals surface area contributed by atoms with Gasteiger partial charge in [-0.25, -0.2) is 4.79 Å². The molecule has 0 radical (unpaired) electrons. The first-order valence-electron chi connectivity index (χ1n) is 9.47. The number of aliphatic hydroxyl groups excluding tert-OH is 1. The first-order valence-corrected chi connectivity index (χ1v) is 9.47. The van der Waals surface area contributed by atoms with Crippen LogP contribution in [0.2, 0.25) is 0 Å². The first-order chi connectivity index (χ1) is 13.7. The molecule has 1 heterocycles. The normalized spacial score (nSPS) is 15.1. The average molecular weight is 404 g/mol. The van der Waals surface area contributed by atoms with Crippen LogP contribution in [0.5, 0.6) is 11.5 Å². The maximum Gasteiger partial charge on any atom is 0.342 e. The Morgan fingerprint density at radius 3 is 2.62 bits per heavy atom. The lowest BCUT2D eigenvalue weighted by molar-refractivity contribution is -0.138. The predicted octanol–water partition coefficient (Wildman–Crippen LogP) is 3.43. The summed E-state index contributed by atoms with van der Waals surface area (Å²) in [5, 5.41) is 29.1. The van der Waals surface area contributed by atoms with E-state index < -0.39 is 18.0 Å². The Morgan fingerprint density at radius 2 is 2.00 bits per heavy atom. The van der Waals surface area contributed by atoms with Crippen molar-refractivity contribution < 1.29 is 34.4 Å². The molecule has 0 saturated carbocycles. The van der Waals surface area contributed by atoms with Crippen LogP contribution in [0.3, 0.4) is 0 Å². The van der Waals surface area contributed by atoms with E-state index in [9.17, 15) is 19.8 Å². The minimum absolute atomic E-state index is 0.0958.